The van der Waals surface area contributed by atoms with E-state index in [-0.39, 0.29) is 6.42 Å². The number of halogens is 3. The molecule has 0 aliphatic carbocycles. The van der Waals surface area contributed by atoms with Gasteiger partial charge in [-0.15, -0.1) is 0 Å². The second-order valence-corrected chi connectivity index (χ2v) is 7.67. The van der Waals surface area contributed by atoms with Gasteiger partial charge in [0, 0.05) is 18.1 Å². The maximum Gasteiger partial charge on any atom is 0.178 e. The number of pyridine rings is 1. The molecule has 0 saturated heterocycles. The third-order valence-corrected chi connectivity index (χ3v) is 5.37. The van der Waals surface area contributed by atoms with Crippen LogP contribution >= 0.6 is 11.6 Å². The molecule has 0 unspecified atom stereocenters. The molecule has 0 amide bonds. The van der Waals surface area contributed by atoms with Gasteiger partial charge in [0.15, 0.2) is 24.7 Å². The van der Waals surface area contributed by atoms with Gasteiger partial charge in [-0.2, -0.15) is 0 Å². The van der Waals surface area contributed by atoms with Crippen LogP contribution in [0.2, 0.25) is 5.02 Å². The van der Waals surface area contributed by atoms with Crippen molar-refractivity contribution in [2.24, 2.45) is 0 Å². The van der Waals surface area contributed by atoms with E-state index in [0.29, 0.717) is 17.1 Å². The number of benzene rings is 3. The van der Waals surface area contributed by atoms with Crippen molar-refractivity contribution in [3.63, 3.8) is 0 Å². The van der Waals surface area contributed by atoms with Crippen molar-refractivity contribution in [1.82, 2.24) is 0 Å². The number of rotatable bonds is 6. The number of carbonyl (C=O) groups is 1. The largest absolute Gasteiger partial charge is 0.294 e. The molecule has 0 spiro atoms. The number of aromatic nitrogens is 1. The number of carbonyl (C=O) groups excluding carboxylic acids is 1. The highest BCUT2D eigenvalue weighted by Crippen LogP contribution is 2.27. The van der Waals surface area contributed by atoms with E-state index < -0.39 is 23.0 Å². The summed E-state index contributed by atoms with van der Waals surface area (Å²) < 4.78 is 29.7. The lowest BCUT2D eigenvalue weighted by Crippen LogP contribution is -2.33. The first-order valence-corrected chi connectivity index (χ1v) is 10.2. The predicted octanol–water partition coefficient (Wildman–Crippen LogP) is 6.05. The van der Waals surface area contributed by atoms with Crippen molar-refractivity contribution in [2.45, 2.75) is 13.0 Å². The van der Waals surface area contributed by atoms with Crippen LogP contribution in [0.4, 0.5) is 8.78 Å². The smallest absolute Gasteiger partial charge is 0.178 e. The SMILES string of the molecule is O=C(Cc1ccc(-c2c[n+](Cc3ccccc3)ccc2Cl)cc1)c1c(F)cccc1F. The van der Waals surface area contributed by atoms with E-state index in [0.717, 1.165) is 23.3 Å². The molecule has 0 fully saturated rings. The molecule has 0 atom stereocenters. The van der Waals surface area contributed by atoms with Crippen LogP contribution < -0.4 is 4.57 Å². The van der Waals surface area contributed by atoms with Crippen LogP contribution in [0, 0.1) is 11.6 Å². The van der Waals surface area contributed by atoms with Gasteiger partial charge in [0.05, 0.1) is 16.1 Å². The molecule has 5 heteroatoms. The zero-order valence-electron chi connectivity index (χ0n) is 16.6. The van der Waals surface area contributed by atoms with Crippen LogP contribution in [0.15, 0.2) is 91.3 Å². The van der Waals surface area contributed by atoms with Crippen molar-refractivity contribution in [3.8, 4) is 11.1 Å². The summed E-state index contributed by atoms with van der Waals surface area (Å²) >= 11 is 6.42. The van der Waals surface area contributed by atoms with Gasteiger partial charge in [-0.1, -0.05) is 72.3 Å². The summed E-state index contributed by atoms with van der Waals surface area (Å²) in [5.41, 5.74) is 3.09. The summed E-state index contributed by atoms with van der Waals surface area (Å²) in [5, 5.41) is 0.613. The molecule has 0 aliphatic heterocycles. The summed E-state index contributed by atoms with van der Waals surface area (Å²) in [6, 6.07) is 22.6. The van der Waals surface area contributed by atoms with Gasteiger partial charge in [-0.25, -0.2) is 13.3 Å². The van der Waals surface area contributed by atoms with E-state index in [1.807, 2.05) is 48.8 Å². The Morgan fingerprint density at radius 1 is 0.806 bits per heavy atom. The summed E-state index contributed by atoms with van der Waals surface area (Å²) in [7, 11) is 0. The Morgan fingerprint density at radius 3 is 2.16 bits per heavy atom. The van der Waals surface area contributed by atoms with E-state index >= 15 is 0 Å². The normalized spacial score (nSPS) is 10.8. The number of nitrogens with zero attached hydrogens (tertiary/aromatic N) is 1. The number of hydrogen-bond donors (Lipinski definition) is 0. The van der Waals surface area contributed by atoms with Gasteiger partial charge < -0.3 is 0 Å². The molecule has 0 N–H and O–H groups in total. The zero-order valence-corrected chi connectivity index (χ0v) is 17.3. The summed E-state index contributed by atoms with van der Waals surface area (Å²) in [6.45, 7) is 0.714. The number of hydrogen-bond acceptors (Lipinski definition) is 1. The maximum absolute atomic E-state index is 13.8. The van der Waals surface area contributed by atoms with Crippen LogP contribution in [0.3, 0.4) is 0 Å². The molecule has 0 radical (unpaired) electrons. The molecule has 1 heterocycles. The Bertz CT molecular complexity index is 1200. The highest BCUT2D eigenvalue weighted by molar-refractivity contribution is 6.33. The lowest BCUT2D eigenvalue weighted by Gasteiger charge is -2.07. The summed E-state index contributed by atoms with van der Waals surface area (Å²) in [5.74, 6) is -2.29. The molecular formula is C26H19ClF2NO+. The molecule has 1 aromatic heterocycles. The minimum absolute atomic E-state index is 0.0886. The number of Topliss-reactive ketones (excluding diaryl/α,β-unsaturated/α-hetero) is 1. The van der Waals surface area contributed by atoms with Gasteiger partial charge in [-0.05, 0) is 23.3 Å². The molecule has 31 heavy (non-hydrogen) atoms. The average Bonchev–Trinajstić information content (AvgIpc) is 2.76. The standard InChI is InChI=1S/C26H19ClF2NO/c27-22-13-14-30(16-19-5-2-1-3-6-19)17-21(22)20-11-9-18(10-12-20)15-25(31)26-23(28)7-4-8-24(26)29/h1-14,17H,15-16H2/q+1. The first-order chi connectivity index (χ1) is 15.0. The maximum atomic E-state index is 13.8. The van der Waals surface area contributed by atoms with Gasteiger partial charge in [0.1, 0.15) is 11.6 Å². The second-order valence-electron chi connectivity index (χ2n) is 7.26. The monoisotopic (exact) mass is 434 g/mol. The second kappa shape index (κ2) is 9.19. The Kier molecular flexibility index (Phi) is 6.19. The minimum Gasteiger partial charge on any atom is -0.294 e. The summed E-state index contributed by atoms with van der Waals surface area (Å²) in [6.07, 6.45) is 3.81. The van der Waals surface area contributed by atoms with Crippen LogP contribution in [0.1, 0.15) is 21.5 Å². The highest BCUT2D eigenvalue weighted by atomic mass is 35.5. The molecular weight excluding hydrogens is 416 g/mol. The van der Waals surface area contributed by atoms with Crippen molar-refractivity contribution in [3.05, 3.63) is 125 Å². The lowest BCUT2D eigenvalue weighted by atomic mass is 9.99. The summed E-state index contributed by atoms with van der Waals surface area (Å²) in [4.78, 5) is 12.4. The first kappa shape index (κ1) is 20.9. The molecule has 4 rings (SSSR count). The van der Waals surface area contributed by atoms with Gasteiger partial charge in [0.2, 0.25) is 0 Å². The Labute approximate surface area is 184 Å². The fourth-order valence-corrected chi connectivity index (χ4v) is 3.68. The Morgan fingerprint density at radius 2 is 1.48 bits per heavy atom. The number of ketones is 1. The molecule has 4 aromatic rings. The predicted molar refractivity (Wildman–Crippen MR) is 117 cm³/mol. The van der Waals surface area contributed by atoms with Gasteiger partial charge >= 0.3 is 0 Å². The van der Waals surface area contributed by atoms with Crippen molar-refractivity contribution in [1.29, 1.82) is 0 Å². The fraction of sp³-hybridized carbons (Fsp3) is 0.0769. The van der Waals surface area contributed by atoms with E-state index in [2.05, 4.69) is 16.7 Å². The van der Waals surface area contributed by atoms with Gasteiger partial charge in [-0.3, -0.25) is 4.79 Å². The zero-order chi connectivity index (χ0) is 21.8. The van der Waals surface area contributed by atoms with Crippen LogP contribution in [-0.4, -0.2) is 5.78 Å². The molecule has 2 nitrogen and oxygen atoms in total. The van der Waals surface area contributed by atoms with Crippen molar-refractivity contribution < 1.29 is 18.1 Å². The molecule has 154 valence electrons. The van der Waals surface area contributed by atoms with Crippen molar-refractivity contribution in [2.75, 3.05) is 0 Å². The van der Waals surface area contributed by atoms with Crippen LogP contribution in [-0.2, 0) is 13.0 Å². The van der Waals surface area contributed by atoms with E-state index in [1.54, 1.807) is 12.1 Å². The minimum atomic E-state index is -0.847. The molecule has 0 aliphatic rings. The van der Waals surface area contributed by atoms with E-state index in [4.69, 9.17) is 11.6 Å². The fourth-order valence-electron chi connectivity index (χ4n) is 3.47. The highest BCUT2D eigenvalue weighted by Gasteiger charge is 2.17. The average molecular weight is 435 g/mol. The first-order valence-electron chi connectivity index (χ1n) is 9.80. The van der Waals surface area contributed by atoms with E-state index in [1.165, 1.54) is 11.6 Å². The lowest BCUT2D eigenvalue weighted by molar-refractivity contribution is -0.687. The Hall–Kier alpha value is -3.37. The van der Waals surface area contributed by atoms with Gasteiger partial charge in [0.25, 0.3) is 0 Å². The topological polar surface area (TPSA) is 20.9 Å². The van der Waals surface area contributed by atoms with E-state index in [9.17, 15) is 13.6 Å². The molecule has 0 bridgehead atoms. The van der Waals surface area contributed by atoms with Crippen LogP contribution in [0.25, 0.3) is 11.1 Å². The quantitative estimate of drug-likeness (QED) is 0.267. The van der Waals surface area contributed by atoms with Crippen molar-refractivity contribution >= 4 is 17.4 Å². The Balaban J connectivity index is 1.54. The molecule has 3 aromatic carbocycles. The van der Waals surface area contributed by atoms with Crippen LogP contribution in [0.5, 0.6) is 0 Å². The molecule has 0 saturated carbocycles. The third kappa shape index (κ3) is 4.86. The third-order valence-electron chi connectivity index (χ3n) is 5.04.